The van der Waals surface area contributed by atoms with Gasteiger partial charge < -0.3 is 11.1 Å². The van der Waals surface area contributed by atoms with Crippen LogP contribution in [0.15, 0.2) is 35.9 Å². The molecule has 0 radical (unpaired) electrons. The highest BCUT2D eigenvalue weighted by atomic mass is 35.5. The Hall–Kier alpha value is -1.52. The van der Waals surface area contributed by atoms with E-state index in [9.17, 15) is 4.79 Å². The number of likely N-dealkylation sites (tertiary alicyclic amines) is 1. The zero-order chi connectivity index (χ0) is 15.9. The van der Waals surface area contributed by atoms with Gasteiger partial charge in [0.05, 0.1) is 0 Å². The summed E-state index contributed by atoms with van der Waals surface area (Å²) >= 11 is 0. The van der Waals surface area contributed by atoms with Gasteiger partial charge in [0.1, 0.15) is 0 Å². The molecule has 0 aliphatic carbocycles. The fourth-order valence-electron chi connectivity index (χ4n) is 2.94. The molecule has 5 heteroatoms. The maximum Gasteiger partial charge on any atom is 0.251 e. The molecule has 1 fully saturated rings. The van der Waals surface area contributed by atoms with E-state index in [1.54, 1.807) is 18.2 Å². The zero-order valence-corrected chi connectivity index (χ0v) is 14.9. The van der Waals surface area contributed by atoms with Crippen LogP contribution in [0.5, 0.6) is 0 Å². The summed E-state index contributed by atoms with van der Waals surface area (Å²) in [6.07, 6.45) is 4.48. The zero-order valence-electron chi connectivity index (χ0n) is 14.0. The minimum absolute atomic E-state index is 0. The third kappa shape index (κ3) is 5.88. The summed E-state index contributed by atoms with van der Waals surface area (Å²) in [6.45, 7) is 8.30. The first kappa shape index (κ1) is 19.5. The first-order valence-corrected chi connectivity index (χ1v) is 8.12. The fourth-order valence-corrected chi connectivity index (χ4v) is 2.94. The SMILES string of the molecule is C/C=C(\CC)CN1CCC(CNC(=O)c2cccc(N)c2)C1.Cl. The smallest absolute Gasteiger partial charge is 0.251 e. The van der Waals surface area contributed by atoms with E-state index in [-0.39, 0.29) is 18.3 Å². The van der Waals surface area contributed by atoms with Crippen LogP contribution < -0.4 is 11.1 Å². The average molecular weight is 338 g/mol. The lowest BCUT2D eigenvalue weighted by atomic mass is 10.1. The van der Waals surface area contributed by atoms with E-state index in [0.717, 1.165) is 39.0 Å². The molecule has 1 aromatic rings. The van der Waals surface area contributed by atoms with Crippen LogP contribution in [0.3, 0.4) is 0 Å². The average Bonchev–Trinajstić information content (AvgIpc) is 2.97. The third-order valence-electron chi connectivity index (χ3n) is 4.36. The van der Waals surface area contributed by atoms with Crippen molar-refractivity contribution in [1.82, 2.24) is 10.2 Å². The molecule has 1 heterocycles. The van der Waals surface area contributed by atoms with E-state index in [4.69, 9.17) is 5.73 Å². The Kier molecular flexibility index (Phi) is 8.13. The molecule has 0 spiro atoms. The second-order valence-electron chi connectivity index (χ2n) is 6.03. The number of carbonyl (C=O) groups is 1. The Morgan fingerprint density at radius 2 is 2.26 bits per heavy atom. The number of allylic oxidation sites excluding steroid dienone is 1. The molecule has 1 unspecified atom stereocenters. The van der Waals surface area contributed by atoms with Gasteiger partial charge >= 0.3 is 0 Å². The van der Waals surface area contributed by atoms with E-state index < -0.39 is 0 Å². The van der Waals surface area contributed by atoms with Gasteiger partial charge in [0.15, 0.2) is 0 Å². The van der Waals surface area contributed by atoms with Crippen LogP contribution in [-0.4, -0.2) is 37.0 Å². The van der Waals surface area contributed by atoms with Gasteiger partial charge in [-0.05, 0) is 50.4 Å². The topological polar surface area (TPSA) is 58.4 Å². The summed E-state index contributed by atoms with van der Waals surface area (Å²) in [5.74, 6) is 0.508. The minimum atomic E-state index is -0.0338. The maximum atomic E-state index is 12.1. The number of anilines is 1. The molecule has 3 N–H and O–H groups in total. The lowest BCUT2D eigenvalue weighted by Gasteiger charge is -2.17. The second-order valence-corrected chi connectivity index (χ2v) is 6.03. The number of rotatable bonds is 6. The van der Waals surface area contributed by atoms with Gasteiger partial charge in [-0.15, -0.1) is 12.4 Å². The Morgan fingerprint density at radius 1 is 1.48 bits per heavy atom. The second kappa shape index (κ2) is 9.58. The van der Waals surface area contributed by atoms with Crippen molar-refractivity contribution in [3.8, 4) is 0 Å². The highest BCUT2D eigenvalue weighted by Crippen LogP contribution is 2.18. The van der Waals surface area contributed by atoms with Crippen LogP contribution in [-0.2, 0) is 0 Å². The number of nitrogens with one attached hydrogen (secondary N) is 1. The van der Waals surface area contributed by atoms with Gasteiger partial charge in [-0.1, -0.05) is 24.6 Å². The van der Waals surface area contributed by atoms with Crippen molar-refractivity contribution in [1.29, 1.82) is 0 Å². The molecule has 0 aromatic heterocycles. The number of nitrogens with zero attached hydrogens (tertiary/aromatic N) is 1. The number of benzene rings is 1. The monoisotopic (exact) mass is 337 g/mol. The molecule has 1 aromatic carbocycles. The molecule has 1 aliphatic rings. The summed E-state index contributed by atoms with van der Waals surface area (Å²) in [7, 11) is 0. The molecule has 0 saturated carbocycles. The van der Waals surface area contributed by atoms with Gasteiger partial charge in [-0.25, -0.2) is 0 Å². The standard InChI is InChI=1S/C18H27N3O.ClH/c1-3-14(4-2)12-21-9-8-15(13-21)11-20-18(22)16-6-5-7-17(19)10-16;/h3,5-7,10,15H,4,8-9,11-13,19H2,1-2H3,(H,20,22);1H/b14-3+;. The molecular formula is C18H28ClN3O. The quantitative estimate of drug-likeness (QED) is 0.619. The highest BCUT2D eigenvalue weighted by molar-refractivity contribution is 5.94. The van der Waals surface area contributed by atoms with E-state index >= 15 is 0 Å². The molecule has 23 heavy (non-hydrogen) atoms. The normalized spacial score (nSPS) is 18.5. The van der Waals surface area contributed by atoms with Crippen LogP contribution in [0.4, 0.5) is 5.69 Å². The first-order valence-electron chi connectivity index (χ1n) is 8.12. The lowest BCUT2D eigenvalue weighted by molar-refractivity contribution is 0.0947. The van der Waals surface area contributed by atoms with E-state index in [0.29, 0.717) is 17.2 Å². The highest BCUT2D eigenvalue weighted by Gasteiger charge is 2.23. The van der Waals surface area contributed by atoms with Gasteiger partial charge in [-0.3, -0.25) is 9.69 Å². The number of carbonyl (C=O) groups excluding carboxylic acids is 1. The number of halogens is 1. The van der Waals surface area contributed by atoms with E-state index in [1.807, 2.05) is 6.07 Å². The lowest BCUT2D eigenvalue weighted by Crippen LogP contribution is -2.31. The van der Waals surface area contributed by atoms with Crippen molar-refractivity contribution < 1.29 is 4.79 Å². The Labute approximate surface area is 145 Å². The molecule has 1 amide bonds. The summed E-state index contributed by atoms with van der Waals surface area (Å²) < 4.78 is 0. The number of nitrogen functional groups attached to an aromatic ring is 1. The van der Waals surface area contributed by atoms with Gasteiger partial charge in [0.25, 0.3) is 5.91 Å². The van der Waals surface area contributed by atoms with E-state index in [2.05, 4.69) is 30.1 Å². The molecule has 0 bridgehead atoms. The molecule has 1 saturated heterocycles. The van der Waals surface area contributed by atoms with Crippen molar-refractivity contribution >= 4 is 24.0 Å². The van der Waals surface area contributed by atoms with Gasteiger partial charge in [0.2, 0.25) is 0 Å². The summed E-state index contributed by atoms with van der Waals surface area (Å²) in [6, 6.07) is 7.12. The van der Waals surface area contributed by atoms with Crippen LogP contribution in [0.1, 0.15) is 37.0 Å². The van der Waals surface area contributed by atoms with Crippen molar-refractivity contribution in [3.63, 3.8) is 0 Å². The Bertz CT molecular complexity index is 545. The van der Waals surface area contributed by atoms with Gasteiger partial charge in [0, 0.05) is 30.9 Å². The van der Waals surface area contributed by atoms with E-state index in [1.165, 1.54) is 5.57 Å². The maximum absolute atomic E-state index is 12.1. The number of amides is 1. The van der Waals surface area contributed by atoms with Crippen molar-refractivity contribution in [3.05, 3.63) is 41.5 Å². The van der Waals surface area contributed by atoms with Crippen LogP contribution in [0.2, 0.25) is 0 Å². The van der Waals surface area contributed by atoms with Crippen LogP contribution >= 0.6 is 12.4 Å². The van der Waals surface area contributed by atoms with Crippen LogP contribution in [0.25, 0.3) is 0 Å². The van der Waals surface area contributed by atoms with Crippen LogP contribution in [0, 0.1) is 5.92 Å². The van der Waals surface area contributed by atoms with Gasteiger partial charge in [-0.2, -0.15) is 0 Å². The number of hydrogen-bond donors (Lipinski definition) is 2. The summed E-state index contributed by atoms with van der Waals surface area (Å²) in [5.41, 5.74) is 8.46. The van der Waals surface area contributed by atoms with Crippen molar-refractivity contribution in [2.45, 2.75) is 26.7 Å². The summed E-state index contributed by atoms with van der Waals surface area (Å²) in [4.78, 5) is 14.6. The molecular weight excluding hydrogens is 310 g/mol. The Balaban J connectivity index is 0.00000264. The predicted octanol–water partition coefficient (Wildman–Crippen LogP) is 3.10. The minimum Gasteiger partial charge on any atom is -0.399 e. The number of hydrogen-bond acceptors (Lipinski definition) is 3. The summed E-state index contributed by atoms with van der Waals surface area (Å²) in [5, 5.41) is 3.03. The molecule has 1 atom stereocenters. The largest absolute Gasteiger partial charge is 0.399 e. The van der Waals surface area contributed by atoms with Crippen molar-refractivity contribution in [2.24, 2.45) is 5.92 Å². The molecule has 2 rings (SSSR count). The number of nitrogens with two attached hydrogens (primary N) is 1. The molecule has 128 valence electrons. The Morgan fingerprint density at radius 3 is 2.91 bits per heavy atom. The predicted molar refractivity (Wildman–Crippen MR) is 99.0 cm³/mol. The first-order chi connectivity index (χ1) is 10.6. The third-order valence-corrected chi connectivity index (χ3v) is 4.36. The molecule has 4 nitrogen and oxygen atoms in total. The van der Waals surface area contributed by atoms with Crippen molar-refractivity contribution in [2.75, 3.05) is 31.9 Å². The fraction of sp³-hybridized carbons (Fsp3) is 0.500. The molecule has 1 aliphatic heterocycles.